The molecule has 0 aliphatic rings. The van der Waals surface area contributed by atoms with Gasteiger partial charge < -0.3 is 0 Å². The van der Waals surface area contributed by atoms with Gasteiger partial charge in [-0.05, 0) is 31.0 Å². The number of nitrogens with one attached hydrogen (secondary N) is 1. The molecule has 3 N–H and O–H groups in total. The van der Waals surface area contributed by atoms with Gasteiger partial charge in [0.15, 0.2) is 17.5 Å². The van der Waals surface area contributed by atoms with Crippen molar-refractivity contribution >= 4 is 0 Å². The van der Waals surface area contributed by atoms with Gasteiger partial charge in [-0.25, -0.2) is 18.6 Å². The summed E-state index contributed by atoms with van der Waals surface area (Å²) in [5.41, 5.74) is 4.47. The molecule has 1 aromatic carbocycles. The molecule has 0 bridgehead atoms. The maximum absolute atomic E-state index is 13.9. The number of halogens is 3. The Morgan fingerprint density at radius 3 is 2.45 bits per heavy atom. The summed E-state index contributed by atoms with van der Waals surface area (Å²) in [6.45, 7) is 3.66. The lowest BCUT2D eigenvalue weighted by Crippen LogP contribution is -2.31. The van der Waals surface area contributed by atoms with Crippen molar-refractivity contribution in [3.63, 3.8) is 0 Å². The van der Waals surface area contributed by atoms with Gasteiger partial charge in [0.25, 0.3) is 0 Å². The van der Waals surface area contributed by atoms with Gasteiger partial charge in [0.2, 0.25) is 0 Å². The van der Waals surface area contributed by atoms with Crippen molar-refractivity contribution in [1.82, 2.24) is 10.4 Å². The molecule has 2 aromatic rings. The first-order valence-electron chi connectivity index (χ1n) is 5.98. The second kappa shape index (κ2) is 5.60. The fourth-order valence-electron chi connectivity index (χ4n) is 2.11. The average molecular weight is 281 g/mol. The third kappa shape index (κ3) is 2.52. The molecular formula is C14H14F3N3. The lowest BCUT2D eigenvalue weighted by Gasteiger charge is -2.19. The van der Waals surface area contributed by atoms with Crippen LogP contribution in [0.15, 0.2) is 24.4 Å². The highest BCUT2D eigenvalue weighted by Crippen LogP contribution is 2.27. The zero-order chi connectivity index (χ0) is 14.9. The van der Waals surface area contributed by atoms with E-state index in [1.807, 2.05) is 13.0 Å². The van der Waals surface area contributed by atoms with E-state index in [-0.39, 0.29) is 5.56 Å². The minimum absolute atomic E-state index is 0.0918. The summed E-state index contributed by atoms with van der Waals surface area (Å²) < 4.78 is 40.2. The smallest absolute Gasteiger partial charge is 0.194 e. The first-order valence-corrected chi connectivity index (χ1v) is 5.98. The van der Waals surface area contributed by atoms with E-state index in [4.69, 9.17) is 5.84 Å². The van der Waals surface area contributed by atoms with E-state index in [0.29, 0.717) is 5.69 Å². The van der Waals surface area contributed by atoms with Crippen molar-refractivity contribution in [3.05, 3.63) is 64.2 Å². The number of hydrogen-bond acceptors (Lipinski definition) is 3. The molecule has 1 unspecified atom stereocenters. The van der Waals surface area contributed by atoms with Crippen molar-refractivity contribution in [1.29, 1.82) is 0 Å². The van der Waals surface area contributed by atoms with E-state index in [2.05, 4.69) is 10.4 Å². The minimum atomic E-state index is -1.52. The molecule has 1 heterocycles. The van der Waals surface area contributed by atoms with Gasteiger partial charge in [0, 0.05) is 11.8 Å². The topological polar surface area (TPSA) is 50.9 Å². The quantitative estimate of drug-likeness (QED) is 0.516. The second-order valence-electron chi connectivity index (χ2n) is 4.58. The van der Waals surface area contributed by atoms with Crippen LogP contribution in [0.3, 0.4) is 0 Å². The summed E-state index contributed by atoms with van der Waals surface area (Å²) in [5.74, 6) is 1.40. The lowest BCUT2D eigenvalue weighted by molar-refractivity contribution is 0.432. The Kier molecular flexibility index (Phi) is 4.06. The highest BCUT2D eigenvalue weighted by molar-refractivity contribution is 5.35. The molecule has 0 aliphatic heterocycles. The van der Waals surface area contributed by atoms with Crippen LogP contribution in [0.1, 0.15) is 28.4 Å². The Balaban J connectivity index is 2.55. The molecular weight excluding hydrogens is 267 g/mol. The van der Waals surface area contributed by atoms with Gasteiger partial charge in [-0.1, -0.05) is 12.1 Å². The Labute approximate surface area is 114 Å². The Morgan fingerprint density at radius 2 is 1.85 bits per heavy atom. The highest BCUT2D eigenvalue weighted by atomic mass is 19.2. The van der Waals surface area contributed by atoms with Crippen LogP contribution >= 0.6 is 0 Å². The van der Waals surface area contributed by atoms with Gasteiger partial charge in [-0.15, -0.1) is 0 Å². The normalized spacial score (nSPS) is 12.5. The molecule has 2 rings (SSSR count). The van der Waals surface area contributed by atoms with Crippen LogP contribution in [0.2, 0.25) is 0 Å². The van der Waals surface area contributed by atoms with E-state index in [1.165, 1.54) is 0 Å². The van der Waals surface area contributed by atoms with Gasteiger partial charge in [-0.2, -0.15) is 0 Å². The zero-order valence-corrected chi connectivity index (χ0v) is 11.0. The average Bonchev–Trinajstić information content (AvgIpc) is 2.41. The second-order valence-corrected chi connectivity index (χ2v) is 4.58. The lowest BCUT2D eigenvalue weighted by atomic mass is 9.99. The summed E-state index contributed by atoms with van der Waals surface area (Å²) in [4.78, 5) is 4.19. The number of nitrogens with two attached hydrogens (primary N) is 1. The number of aromatic nitrogens is 1. The summed E-state index contributed by atoms with van der Waals surface area (Å²) in [5, 5.41) is 0. The molecule has 1 atom stereocenters. The van der Waals surface area contributed by atoms with Gasteiger partial charge in [0.05, 0.1) is 11.7 Å². The number of pyridine rings is 1. The molecule has 0 radical (unpaired) electrons. The predicted molar refractivity (Wildman–Crippen MR) is 69.2 cm³/mol. The Hall–Kier alpha value is -1.92. The molecule has 0 saturated carbocycles. The minimum Gasteiger partial charge on any atom is -0.271 e. The molecule has 0 amide bonds. The molecule has 0 aliphatic carbocycles. The predicted octanol–water partition coefficient (Wildman–Crippen LogP) is 2.67. The maximum Gasteiger partial charge on any atom is 0.194 e. The van der Waals surface area contributed by atoms with E-state index in [0.717, 1.165) is 23.3 Å². The van der Waals surface area contributed by atoms with Crippen LogP contribution < -0.4 is 11.3 Å². The van der Waals surface area contributed by atoms with Crippen molar-refractivity contribution in [3.8, 4) is 0 Å². The molecule has 0 fully saturated rings. The van der Waals surface area contributed by atoms with Gasteiger partial charge >= 0.3 is 0 Å². The first-order chi connectivity index (χ1) is 9.45. The fourth-order valence-corrected chi connectivity index (χ4v) is 2.11. The molecule has 0 spiro atoms. The van der Waals surface area contributed by atoms with Crippen LogP contribution in [0.4, 0.5) is 13.2 Å². The number of hydrogen-bond donors (Lipinski definition) is 2. The van der Waals surface area contributed by atoms with Crippen molar-refractivity contribution in [2.24, 2.45) is 5.84 Å². The van der Waals surface area contributed by atoms with Gasteiger partial charge in [-0.3, -0.25) is 10.8 Å². The molecule has 6 heteroatoms. The fraction of sp³-hybridized carbons (Fsp3) is 0.214. The third-order valence-corrected chi connectivity index (χ3v) is 3.07. The summed E-state index contributed by atoms with van der Waals surface area (Å²) in [6.07, 6.45) is 1.60. The first kappa shape index (κ1) is 14.5. The SMILES string of the molecule is Cc1cnc(C(NN)c2ccc(F)c(F)c2F)c(C)c1. The number of nitrogens with zero attached hydrogens (tertiary/aromatic N) is 1. The van der Waals surface area contributed by atoms with Crippen LogP contribution in [-0.2, 0) is 0 Å². The number of hydrazine groups is 1. The van der Waals surface area contributed by atoms with Crippen molar-refractivity contribution in [2.75, 3.05) is 0 Å². The zero-order valence-electron chi connectivity index (χ0n) is 11.0. The van der Waals surface area contributed by atoms with E-state index in [1.54, 1.807) is 13.1 Å². The molecule has 20 heavy (non-hydrogen) atoms. The van der Waals surface area contributed by atoms with Gasteiger partial charge in [0.1, 0.15) is 0 Å². The monoisotopic (exact) mass is 281 g/mol. The van der Waals surface area contributed by atoms with E-state index in [9.17, 15) is 13.2 Å². The Bertz CT molecular complexity index is 644. The molecule has 1 aromatic heterocycles. The van der Waals surface area contributed by atoms with E-state index < -0.39 is 23.5 Å². The summed E-state index contributed by atoms with van der Waals surface area (Å²) >= 11 is 0. The third-order valence-electron chi connectivity index (χ3n) is 3.07. The standard InChI is InChI=1S/C14H14F3N3/c1-7-5-8(2)13(19-6-7)14(20-18)9-3-4-10(15)12(17)11(9)16/h3-6,14,20H,18H2,1-2H3. The van der Waals surface area contributed by atoms with Crippen molar-refractivity contribution in [2.45, 2.75) is 19.9 Å². The molecule has 0 saturated heterocycles. The molecule has 106 valence electrons. The number of aryl methyl sites for hydroxylation is 2. The van der Waals surface area contributed by atoms with Crippen molar-refractivity contribution < 1.29 is 13.2 Å². The largest absolute Gasteiger partial charge is 0.271 e. The number of rotatable bonds is 3. The Morgan fingerprint density at radius 1 is 1.15 bits per heavy atom. The van der Waals surface area contributed by atoms with Crippen LogP contribution in [0.25, 0.3) is 0 Å². The number of benzene rings is 1. The maximum atomic E-state index is 13.9. The van der Waals surface area contributed by atoms with Crippen LogP contribution in [-0.4, -0.2) is 4.98 Å². The van der Waals surface area contributed by atoms with E-state index >= 15 is 0 Å². The summed E-state index contributed by atoms with van der Waals surface area (Å²) in [7, 11) is 0. The summed E-state index contributed by atoms with van der Waals surface area (Å²) in [6, 6.07) is 3.01. The highest BCUT2D eigenvalue weighted by Gasteiger charge is 2.23. The van der Waals surface area contributed by atoms with Crippen LogP contribution in [0.5, 0.6) is 0 Å². The van der Waals surface area contributed by atoms with Crippen LogP contribution in [0, 0.1) is 31.3 Å². The molecule has 3 nitrogen and oxygen atoms in total.